The zero-order chi connectivity index (χ0) is 7.68. The van der Waals surface area contributed by atoms with Crippen LogP contribution in [0.2, 0.25) is 0 Å². The van der Waals surface area contributed by atoms with E-state index in [0.29, 0.717) is 0 Å². The fraction of sp³-hybridized carbons (Fsp3) is 0.100. The number of aliphatic imine (C=N–C) groups is 1. The van der Waals surface area contributed by atoms with Gasteiger partial charge in [-0.1, -0.05) is 12.0 Å². The van der Waals surface area contributed by atoms with Gasteiger partial charge in [0, 0.05) is 11.8 Å². The smallest absolute Gasteiger partial charge is 0.0646 e. The second-order valence-electron chi connectivity index (χ2n) is 2.53. The van der Waals surface area contributed by atoms with Gasteiger partial charge in [-0.15, -0.1) is 6.42 Å². The molecule has 0 radical (unpaired) electrons. The highest BCUT2D eigenvalue weighted by atomic mass is 14.7. The van der Waals surface area contributed by atoms with Gasteiger partial charge in [0.25, 0.3) is 0 Å². The highest BCUT2D eigenvalue weighted by Crippen LogP contribution is 2.15. The first kappa shape index (κ1) is 6.18. The maximum atomic E-state index is 5.25. The third-order valence-corrected chi connectivity index (χ3v) is 1.80. The van der Waals surface area contributed by atoms with Crippen LogP contribution in [0.25, 0.3) is 0 Å². The summed E-state index contributed by atoms with van der Waals surface area (Å²) in [5.41, 5.74) is 3.36. The Morgan fingerprint density at radius 2 is 2.36 bits per heavy atom. The Morgan fingerprint density at radius 1 is 1.45 bits per heavy atom. The lowest BCUT2D eigenvalue weighted by Crippen LogP contribution is -1.84. The second-order valence-corrected chi connectivity index (χ2v) is 2.53. The third kappa shape index (κ3) is 0.929. The van der Waals surface area contributed by atoms with Crippen LogP contribution in [0, 0.1) is 12.3 Å². The first-order valence-electron chi connectivity index (χ1n) is 3.49. The minimum Gasteiger partial charge on any atom is -0.288 e. The summed E-state index contributed by atoms with van der Waals surface area (Å²) in [6.45, 7) is 0.806. The van der Waals surface area contributed by atoms with E-state index in [0.717, 1.165) is 12.1 Å². The molecule has 1 heterocycles. The van der Waals surface area contributed by atoms with Gasteiger partial charge in [0.1, 0.15) is 0 Å². The van der Waals surface area contributed by atoms with Gasteiger partial charge in [-0.05, 0) is 23.3 Å². The Balaban J connectivity index is 2.58. The summed E-state index contributed by atoms with van der Waals surface area (Å²) in [6, 6.07) is 5.98. The molecule has 2 rings (SSSR count). The predicted molar refractivity (Wildman–Crippen MR) is 45.7 cm³/mol. The first-order valence-corrected chi connectivity index (χ1v) is 3.49. The molecule has 1 aliphatic heterocycles. The van der Waals surface area contributed by atoms with Crippen molar-refractivity contribution in [2.24, 2.45) is 4.99 Å². The van der Waals surface area contributed by atoms with Gasteiger partial charge >= 0.3 is 0 Å². The van der Waals surface area contributed by atoms with Crippen molar-refractivity contribution in [3.63, 3.8) is 0 Å². The van der Waals surface area contributed by atoms with E-state index in [4.69, 9.17) is 6.42 Å². The van der Waals surface area contributed by atoms with Crippen LogP contribution in [-0.4, -0.2) is 6.21 Å². The van der Waals surface area contributed by atoms with Gasteiger partial charge in [0.2, 0.25) is 0 Å². The lowest BCUT2D eigenvalue weighted by molar-refractivity contribution is 1.11. The number of fused-ring (bicyclic) bond motifs is 1. The minimum atomic E-state index is 0.806. The second kappa shape index (κ2) is 2.25. The molecule has 0 amide bonds. The van der Waals surface area contributed by atoms with Crippen molar-refractivity contribution in [1.29, 1.82) is 0 Å². The molecular weight excluding hydrogens is 134 g/mol. The van der Waals surface area contributed by atoms with E-state index < -0.39 is 0 Å². The third-order valence-electron chi connectivity index (χ3n) is 1.80. The molecule has 0 atom stereocenters. The average Bonchev–Trinajstić information content (AvgIpc) is 2.50. The van der Waals surface area contributed by atoms with Crippen molar-refractivity contribution in [3.8, 4) is 12.3 Å². The van der Waals surface area contributed by atoms with E-state index in [9.17, 15) is 0 Å². The van der Waals surface area contributed by atoms with Crippen molar-refractivity contribution in [2.75, 3.05) is 0 Å². The van der Waals surface area contributed by atoms with Gasteiger partial charge in [-0.25, -0.2) is 0 Å². The maximum absolute atomic E-state index is 5.25. The summed E-state index contributed by atoms with van der Waals surface area (Å²) >= 11 is 0. The summed E-state index contributed by atoms with van der Waals surface area (Å²) in [4.78, 5) is 4.13. The molecule has 11 heavy (non-hydrogen) atoms. The van der Waals surface area contributed by atoms with Gasteiger partial charge in [0.05, 0.1) is 6.54 Å². The van der Waals surface area contributed by atoms with Crippen molar-refractivity contribution in [1.82, 2.24) is 0 Å². The maximum Gasteiger partial charge on any atom is 0.0646 e. The summed E-state index contributed by atoms with van der Waals surface area (Å²) < 4.78 is 0. The number of benzene rings is 1. The Kier molecular flexibility index (Phi) is 1.26. The van der Waals surface area contributed by atoms with E-state index in [1.165, 1.54) is 11.1 Å². The van der Waals surface area contributed by atoms with Crippen LogP contribution in [0.1, 0.15) is 16.7 Å². The van der Waals surface area contributed by atoms with Crippen molar-refractivity contribution < 1.29 is 0 Å². The molecule has 0 aromatic heterocycles. The molecule has 1 aromatic rings. The highest BCUT2D eigenvalue weighted by molar-refractivity contribution is 5.84. The largest absolute Gasteiger partial charge is 0.288 e. The number of hydrogen-bond donors (Lipinski definition) is 0. The standard InChI is InChI=1S/C10H7N/c1-2-8-3-4-9-6-11-7-10(9)5-8/h1,3-5,7H,6H2. The molecule has 0 unspecified atom stereocenters. The lowest BCUT2D eigenvalue weighted by Gasteiger charge is -1.95. The molecule has 0 bridgehead atoms. The fourth-order valence-electron chi connectivity index (χ4n) is 1.19. The molecule has 1 aromatic carbocycles. The molecule has 0 spiro atoms. The molecule has 0 N–H and O–H groups in total. The molecular formula is C10H7N. The van der Waals surface area contributed by atoms with Crippen LogP contribution in [0.4, 0.5) is 0 Å². The topological polar surface area (TPSA) is 12.4 Å². The predicted octanol–water partition coefficient (Wildman–Crippen LogP) is 1.60. The van der Waals surface area contributed by atoms with Crippen LogP contribution >= 0.6 is 0 Å². The van der Waals surface area contributed by atoms with Crippen molar-refractivity contribution >= 4 is 6.21 Å². The van der Waals surface area contributed by atoms with E-state index in [1.807, 2.05) is 24.4 Å². The summed E-state index contributed by atoms with van der Waals surface area (Å²) in [5.74, 6) is 2.60. The van der Waals surface area contributed by atoms with E-state index in [1.54, 1.807) is 0 Å². The van der Waals surface area contributed by atoms with Gasteiger partial charge in [0.15, 0.2) is 0 Å². The molecule has 0 aliphatic carbocycles. The normalized spacial score (nSPS) is 12.6. The van der Waals surface area contributed by atoms with Gasteiger partial charge in [-0.2, -0.15) is 0 Å². The monoisotopic (exact) mass is 141 g/mol. The Morgan fingerprint density at radius 3 is 3.18 bits per heavy atom. The number of rotatable bonds is 0. The molecule has 0 saturated carbocycles. The zero-order valence-corrected chi connectivity index (χ0v) is 6.04. The summed E-state index contributed by atoms with van der Waals surface area (Å²) in [7, 11) is 0. The number of terminal acetylenes is 1. The summed E-state index contributed by atoms with van der Waals surface area (Å²) in [5, 5.41) is 0. The molecule has 1 heteroatoms. The first-order chi connectivity index (χ1) is 5.40. The van der Waals surface area contributed by atoms with E-state index in [2.05, 4.69) is 10.9 Å². The minimum absolute atomic E-state index is 0.806. The summed E-state index contributed by atoms with van der Waals surface area (Å²) in [6.07, 6.45) is 7.12. The zero-order valence-electron chi connectivity index (χ0n) is 6.04. The van der Waals surface area contributed by atoms with Crippen molar-refractivity contribution in [3.05, 3.63) is 34.9 Å². The molecule has 1 nitrogen and oxygen atoms in total. The average molecular weight is 141 g/mol. The van der Waals surface area contributed by atoms with Crippen LogP contribution in [0.3, 0.4) is 0 Å². The Bertz CT molecular complexity index is 356. The van der Waals surface area contributed by atoms with Gasteiger partial charge in [-0.3, -0.25) is 4.99 Å². The molecule has 52 valence electrons. The van der Waals surface area contributed by atoms with Crippen LogP contribution in [-0.2, 0) is 6.54 Å². The van der Waals surface area contributed by atoms with Crippen LogP contribution in [0.5, 0.6) is 0 Å². The molecule has 0 fully saturated rings. The van der Waals surface area contributed by atoms with Gasteiger partial charge < -0.3 is 0 Å². The van der Waals surface area contributed by atoms with E-state index >= 15 is 0 Å². The van der Waals surface area contributed by atoms with E-state index in [-0.39, 0.29) is 0 Å². The quantitative estimate of drug-likeness (QED) is 0.487. The SMILES string of the molecule is C#Cc1ccc2c(c1)C=NC2. The Labute approximate surface area is 65.8 Å². The lowest BCUT2D eigenvalue weighted by atomic mass is 10.1. The highest BCUT2D eigenvalue weighted by Gasteiger charge is 2.04. The Hall–Kier alpha value is -1.55. The van der Waals surface area contributed by atoms with Crippen LogP contribution < -0.4 is 0 Å². The number of nitrogens with zero attached hydrogens (tertiary/aromatic N) is 1. The van der Waals surface area contributed by atoms with Crippen LogP contribution in [0.15, 0.2) is 23.2 Å². The molecule has 0 saturated heterocycles. The number of hydrogen-bond acceptors (Lipinski definition) is 1. The van der Waals surface area contributed by atoms with Crippen molar-refractivity contribution in [2.45, 2.75) is 6.54 Å². The fourth-order valence-corrected chi connectivity index (χ4v) is 1.19. The molecule has 1 aliphatic rings.